The Balaban J connectivity index is 3.20. The van der Waals surface area contributed by atoms with Gasteiger partial charge in [-0.2, -0.15) is 0 Å². The third-order valence-corrected chi connectivity index (χ3v) is 2.30. The summed E-state index contributed by atoms with van der Waals surface area (Å²) in [4.78, 5) is 4.14. The quantitative estimate of drug-likeness (QED) is 0.875. The van der Waals surface area contributed by atoms with Crippen LogP contribution in [0.15, 0.2) is 10.5 Å². The number of nitrogens with zero attached hydrogens (tertiary/aromatic N) is 1. The molecule has 0 unspecified atom stereocenters. The van der Waals surface area contributed by atoms with Crippen LogP contribution in [-0.4, -0.2) is 19.2 Å². The lowest BCUT2D eigenvalue weighted by Gasteiger charge is -2.08. The van der Waals surface area contributed by atoms with Gasteiger partial charge in [0.05, 0.1) is 19.9 Å². The zero-order valence-electron chi connectivity index (χ0n) is 7.50. The van der Waals surface area contributed by atoms with Crippen LogP contribution < -0.4 is 15.2 Å². The Morgan fingerprint density at radius 1 is 1.46 bits per heavy atom. The topological polar surface area (TPSA) is 57.4 Å². The zero-order chi connectivity index (χ0) is 9.84. The maximum atomic E-state index is 5.46. The van der Waals surface area contributed by atoms with E-state index < -0.39 is 0 Å². The van der Waals surface area contributed by atoms with Crippen LogP contribution in [0.1, 0.15) is 5.69 Å². The molecule has 1 rings (SSSR count). The molecule has 1 aromatic heterocycles. The number of ether oxygens (including phenoxy) is 2. The highest BCUT2D eigenvalue weighted by atomic mass is 79.9. The molecule has 72 valence electrons. The summed E-state index contributed by atoms with van der Waals surface area (Å²) in [5.74, 6) is 1.16. The highest BCUT2D eigenvalue weighted by molar-refractivity contribution is 9.10. The molecule has 0 saturated carbocycles. The maximum Gasteiger partial charge on any atom is 0.231 e. The van der Waals surface area contributed by atoms with E-state index in [0.29, 0.717) is 22.6 Å². The monoisotopic (exact) mass is 246 g/mol. The van der Waals surface area contributed by atoms with Crippen molar-refractivity contribution in [2.24, 2.45) is 5.73 Å². The van der Waals surface area contributed by atoms with Crippen LogP contribution in [0.5, 0.6) is 11.6 Å². The van der Waals surface area contributed by atoms with E-state index in [0.717, 1.165) is 5.69 Å². The van der Waals surface area contributed by atoms with E-state index in [-0.39, 0.29) is 0 Å². The summed E-state index contributed by atoms with van der Waals surface area (Å²) in [5.41, 5.74) is 6.19. The molecule has 4 nitrogen and oxygen atoms in total. The number of methoxy groups -OCH3 is 2. The van der Waals surface area contributed by atoms with Crippen LogP contribution in [0.3, 0.4) is 0 Å². The van der Waals surface area contributed by atoms with Crippen LogP contribution in [-0.2, 0) is 6.54 Å². The lowest BCUT2D eigenvalue weighted by atomic mass is 10.3. The lowest BCUT2D eigenvalue weighted by Crippen LogP contribution is -2.02. The van der Waals surface area contributed by atoms with E-state index >= 15 is 0 Å². The lowest BCUT2D eigenvalue weighted by molar-refractivity contribution is 0.375. The smallest absolute Gasteiger partial charge is 0.231 e. The fourth-order valence-electron chi connectivity index (χ4n) is 0.920. The molecule has 0 saturated heterocycles. The van der Waals surface area contributed by atoms with Crippen molar-refractivity contribution in [2.45, 2.75) is 6.54 Å². The molecule has 0 radical (unpaired) electrons. The Kier molecular flexibility index (Phi) is 3.50. The summed E-state index contributed by atoms with van der Waals surface area (Å²) >= 11 is 3.31. The van der Waals surface area contributed by atoms with Crippen LogP contribution in [0.4, 0.5) is 0 Å². The summed E-state index contributed by atoms with van der Waals surface area (Å²) in [7, 11) is 3.13. The van der Waals surface area contributed by atoms with Crippen LogP contribution >= 0.6 is 15.9 Å². The minimum absolute atomic E-state index is 0.361. The average molecular weight is 247 g/mol. The molecule has 0 spiro atoms. The number of nitrogens with two attached hydrogens (primary N) is 1. The molecule has 0 atom stereocenters. The summed E-state index contributed by atoms with van der Waals surface area (Å²) < 4.78 is 10.8. The minimum Gasteiger partial charge on any atom is -0.495 e. The average Bonchev–Trinajstić information content (AvgIpc) is 2.18. The molecule has 2 N–H and O–H groups in total. The van der Waals surface area contributed by atoms with Gasteiger partial charge >= 0.3 is 0 Å². The molecule has 5 heteroatoms. The predicted octanol–water partition coefficient (Wildman–Crippen LogP) is 1.32. The second kappa shape index (κ2) is 4.43. The molecule has 0 aliphatic heterocycles. The van der Waals surface area contributed by atoms with Gasteiger partial charge in [-0.15, -0.1) is 0 Å². The van der Waals surface area contributed by atoms with Crippen molar-refractivity contribution in [3.8, 4) is 11.6 Å². The van der Waals surface area contributed by atoms with Crippen molar-refractivity contribution in [1.29, 1.82) is 0 Å². The molecular weight excluding hydrogens is 236 g/mol. The number of hydrogen-bond acceptors (Lipinski definition) is 4. The first-order chi connectivity index (χ1) is 6.22. The number of aromatic nitrogens is 1. The van der Waals surface area contributed by atoms with E-state index in [4.69, 9.17) is 15.2 Å². The fourth-order valence-corrected chi connectivity index (χ4v) is 1.45. The van der Waals surface area contributed by atoms with Gasteiger partial charge in [0.25, 0.3) is 0 Å². The molecule has 1 aromatic rings. The van der Waals surface area contributed by atoms with Gasteiger partial charge in [0.2, 0.25) is 5.88 Å². The SMILES string of the molecule is COc1cc(CN)nc(OC)c1Br. The van der Waals surface area contributed by atoms with Crippen molar-refractivity contribution in [2.75, 3.05) is 14.2 Å². The van der Waals surface area contributed by atoms with Crippen molar-refractivity contribution in [3.63, 3.8) is 0 Å². The molecule has 0 bridgehead atoms. The molecule has 0 amide bonds. The van der Waals surface area contributed by atoms with Crippen molar-refractivity contribution in [3.05, 3.63) is 16.2 Å². The van der Waals surface area contributed by atoms with Gasteiger partial charge in [-0.3, -0.25) is 0 Å². The minimum atomic E-state index is 0.361. The third-order valence-electron chi connectivity index (χ3n) is 1.57. The van der Waals surface area contributed by atoms with E-state index in [9.17, 15) is 0 Å². The summed E-state index contributed by atoms with van der Waals surface area (Å²) in [6.45, 7) is 0.361. The Bertz CT molecular complexity index is 279. The van der Waals surface area contributed by atoms with E-state index in [1.165, 1.54) is 0 Å². The second-order valence-electron chi connectivity index (χ2n) is 2.34. The van der Waals surface area contributed by atoms with Crippen molar-refractivity contribution in [1.82, 2.24) is 4.98 Å². The summed E-state index contributed by atoms with van der Waals surface area (Å²) in [6, 6.07) is 1.77. The number of rotatable bonds is 3. The van der Waals surface area contributed by atoms with Crippen molar-refractivity contribution >= 4 is 15.9 Å². The summed E-state index contributed by atoms with van der Waals surface area (Å²) in [5, 5.41) is 0. The Hall–Kier alpha value is -0.810. The van der Waals surface area contributed by atoms with Gasteiger partial charge in [0.15, 0.2) is 0 Å². The summed E-state index contributed by atoms with van der Waals surface area (Å²) in [6.07, 6.45) is 0. The first kappa shape index (κ1) is 10.3. The van der Waals surface area contributed by atoms with Gasteiger partial charge in [0, 0.05) is 12.6 Å². The van der Waals surface area contributed by atoms with Gasteiger partial charge in [-0.05, 0) is 15.9 Å². The maximum absolute atomic E-state index is 5.46. The predicted molar refractivity (Wildman–Crippen MR) is 52.9 cm³/mol. The molecule has 0 aliphatic carbocycles. The highest BCUT2D eigenvalue weighted by Crippen LogP contribution is 2.32. The Labute approximate surface area is 85.2 Å². The number of pyridine rings is 1. The van der Waals surface area contributed by atoms with Gasteiger partial charge in [0.1, 0.15) is 10.2 Å². The van der Waals surface area contributed by atoms with Crippen LogP contribution in [0, 0.1) is 0 Å². The first-order valence-corrected chi connectivity index (χ1v) is 4.49. The second-order valence-corrected chi connectivity index (χ2v) is 3.14. The molecule has 0 aromatic carbocycles. The fraction of sp³-hybridized carbons (Fsp3) is 0.375. The highest BCUT2D eigenvalue weighted by Gasteiger charge is 2.10. The number of hydrogen-bond donors (Lipinski definition) is 1. The van der Waals surface area contributed by atoms with Gasteiger partial charge < -0.3 is 15.2 Å². The standard InChI is InChI=1S/C8H11BrN2O2/c1-12-6-3-5(4-10)11-8(13-2)7(6)9/h3H,4,10H2,1-2H3. The van der Waals surface area contributed by atoms with E-state index in [2.05, 4.69) is 20.9 Å². The first-order valence-electron chi connectivity index (χ1n) is 3.70. The molecule has 0 fully saturated rings. The van der Waals surface area contributed by atoms with Gasteiger partial charge in [-0.25, -0.2) is 4.98 Å². The van der Waals surface area contributed by atoms with Gasteiger partial charge in [-0.1, -0.05) is 0 Å². The molecular formula is C8H11BrN2O2. The van der Waals surface area contributed by atoms with Crippen LogP contribution in [0.25, 0.3) is 0 Å². The zero-order valence-corrected chi connectivity index (χ0v) is 9.09. The molecule has 13 heavy (non-hydrogen) atoms. The van der Waals surface area contributed by atoms with Crippen LogP contribution in [0.2, 0.25) is 0 Å². The molecule has 0 aliphatic rings. The third kappa shape index (κ3) is 2.10. The normalized spacial score (nSPS) is 9.85. The largest absolute Gasteiger partial charge is 0.495 e. The van der Waals surface area contributed by atoms with Crippen molar-refractivity contribution < 1.29 is 9.47 Å². The Morgan fingerprint density at radius 3 is 2.62 bits per heavy atom. The number of halogens is 1. The van der Waals surface area contributed by atoms with E-state index in [1.54, 1.807) is 20.3 Å². The molecule has 1 heterocycles. The Morgan fingerprint density at radius 2 is 2.15 bits per heavy atom. The van der Waals surface area contributed by atoms with E-state index in [1.807, 2.05) is 0 Å².